The molecule has 1 aromatic carbocycles. The van der Waals surface area contributed by atoms with Gasteiger partial charge in [0.15, 0.2) is 0 Å². The normalized spacial score (nSPS) is 21.1. The Bertz CT molecular complexity index is 1400. The summed E-state index contributed by atoms with van der Waals surface area (Å²) in [6, 6.07) is 8.50. The van der Waals surface area contributed by atoms with Crippen LogP contribution in [-0.2, 0) is 0 Å². The molecule has 4 aromatic rings. The van der Waals surface area contributed by atoms with E-state index in [0.717, 1.165) is 48.3 Å². The number of anilines is 1. The highest BCUT2D eigenvalue weighted by Crippen LogP contribution is 2.39. The molecule has 186 valence electrons. The number of carbonyl (C=O) groups excluding carboxylic acids is 1. The number of nitrogens with one attached hydrogen (secondary N) is 1. The van der Waals surface area contributed by atoms with E-state index in [-0.39, 0.29) is 18.1 Å². The minimum absolute atomic E-state index is 0.0267. The number of nitrogens with zero attached hydrogens (tertiary/aromatic N) is 5. The van der Waals surface area contributed by atoms with Crippen molar-refractivity contribution in [2.24, 2.45) is 0 Å². The van der Waals surface area contributed by atoms with Crippen LogP contribution >= 0.6 is 11.6 Å². The first kappa shape index (κ1) is 22.7. The zero-order valence-electron chi connectivity index (χ0n) is 20.1. The van der Waals surface area contributed by atoms with Crippen LogP contribution in [0.5, 0.6) is 11.5 Å². The van der Waals surface area contributed by atoms with Crippen molar-refractivity contribution in [3.8, 4) is 22.8 Å². The van der Waals surface area contributed by atoms with E-state index < -0.39 is 0 Å². The van der Waals surface area contributed by atoms with Gasteiger partial charge in [-0.15, -0.1) is 0 Å². The lowest BCUT2D eigenvalue weighted by Crippen LogP contribution is -2.50. The highest BCUT2D eigenvalue weighted by molar-refractivity contribution is 6.32. The second-order valence-electron chi connectivity index (χ2n) is 9.35. The van der Waals surface area contributed by atoms with Crippen LogP contribution in [0.25, 0.3) is 16.9 Å². The van der Waals surface area contributed by atoms with Crippen LogP contribution in [0.3, 0.4) is 0 Å². The molecule has 0 unspecified atom stereocenters. The Morgan fingerprint density at radius 3 is 2.56 bits per heavy atom. The monoisotopic (exact) mass is 506 g/mol. The number of halogens is 1. The number of hydrogen-bond acceptors (Lipinski definition) is 6. The van der Waals surface area contributed by atoms with Crippen molar-refractivity contribution < 1.29 is 14.3 Å². The number of methoxy groups -OCH3 is 2. The number of pyridine rings is 1. The quantitative estimate of drug-likeness (QED) is 0.412. The molecule has 3 aromatic heterocycles. The molecular weight excluding hydrogens is 480 g/mol. The Labute approximate surface area is 213 Å². The van der Waals surface area contributed by atoms with Gasteiger partial charge in [-0.05, 0) is 37.8 Å². The number of hydrogen-bond donors (Lipinski definition) is 1. The summed E-state index contributed by atoms with van der Waals surface area (Å²) in [7, 11) is 3.19. The summed E-state index contributed by atoms with van der Waals surface area (Å²) in [6.07, 6.45) is 12.8. The zero-order chi connectivity index (χ0) is 24.8. The molecule has 10 heteroatoms. The highest BCUT2D eigenvalue weighted by Gasteiger charge is 2.43. The van der Waals surface area contributed by atoms with E-state index in [9.17, 15) is 4.79 Å². The molecule has 0 radical (unpaired) electrons. The average Bonchev–Trinajstić information content (AvgIpc) is 3.62. The van der Waals surface area contributed by atoms with Gasteiger partial charge in [0.05, 0.1) is 24.9 Å². The topological polar surface area (TPSA) is 85.9 Å². The van der Waals surface area contributed by atoms with Crippen molar-refractivity contribution >= 4 is 29.0 Å². The summed E-state index contributed by atoms with van der Waals surface area (Å²) >= 11 is 6.37. The molecule has 3 atom stereocenters. The van der Waals surface area contributed by atoms with Crippen LogP contribution in [0.4, 0.5) is 10.5 Å². The molecule has 9 nitrogen and oxygen atoms in total. The molecule has 1 N–H and O–H groups in total. The molecule has 0 saturated carbocycles. The largest absolute Gasteiger partial charge is 0.496 e. The van der Waals surface area contributed by atoms with Gasteiger partial charge in [-0.25, -0.2) is 14.8 Å². The van der Waals surface area contributed by atoms with E-state index in [1.807, 2.05) is 28.9 Å². The summed E-state index contributed by atoms with van der Waals surface area (Å²) in [5.41, 5.74) is 3.39. The predicted molar refractivity (Wildman–Crippen MR) is 137 cm³/mol. The van der Waals surface area contributed by atoms with Crippen LogP contribution in [0.2, 0.25) is 5.02 Å². The van der Waals surface area contributed by atoms with Crippen molar-refractivity contribution in [2.75, 3.05) is 19.5 Å². The third-order valence-electron chi connectivity index (χ3n) is 7.26. The number of rotatable bonds is 5. The number of imidazole rings is 2. The van der Waals surface area contributed by atoms with Gasteiger partial charge in [-0.2, -0.15) is 0 Å². The van der Waals surface area contributed by atoms with Gasteiger partial charge in [0.1, 0.15) is 23.5 Å². The van der Waals surface area contributed by atoms with Gasteiger partial charge in [0.2, 0.25) is 0 Å². The fraction of sp³-hybridized carbons (Fsp3) is 0.346. The molecule has 2 aliphatic heterocycles. The molecule has 36 heavy (non-hydrogen) atoms. The van der Waals surface area contributed by atoms with Crippen LogP contribution in [0.1, 0.15) is 25.7 Å². The Morgan fingerprint density at radius 2 is 1.86 bits per heavy atom. The number of carbonyl (C=O) groups is 1. The maximum Gasteiger partial charge on any atom is 0.329 e. The van der Waals surface area contributed by atoms with E-state index >= 15 is 0 Å². The van der Waals surface area contributed by atoms with Gasteiger partial charge in [-0.3, -0.25) is 4.57 Å². The fourth-order valence-corrected chi connectivity index (χ4v) is 5.85. The summed E-state index contributed by atoms with van der Waals surface area (Å²) < 4.78 is 14.4. The minimum atomic E-state index is 0.0267. The Kier molecular flexibility index (Phi) is 5.72. The summed E-state index contributed by atoms with van der Waals surface area (Å²) in [5, 5.41) is 4.19. The summed E-state index contributed by atoms with van der Waals surface area (Å²) in [4.78, 5) is 23.9. The molecule has 0 spiro atoms. The van der Waals surface area contributed by atoms with Crippen molar-refractivity contribution in [3.05, 3.63) is 60.4 Å². The predicted octanol–water partition coefficient (Wildman–Crippen LogP) is 4.94. The molecule has 2 aliphatic rings. The minimum Gasteiger partial charge on any atom is -0.496 e. The van der Waals surface area contributed by atoms with E-state index in [2.05, 4.69) is 21.3 Å². The Morgan fingerprint density at radius 1 is 1.08 bits per heavy atom. The second-order valence-corrected chi connectivity index (χ2v) is 9.76. The van der Waals surface area contributed by atoms with Crippen LogP contribution in [0.15, 0.2) is 55.4 Å². The summed E-state index contributed by atoms with van der Waals surface area (Å²) in [5.74, 6) is 1.20. The van der Waals surface area contributed by atoms with Crippen LogP contribution in [0, 0.1) is 0 Å². The lowest BCUT2D eigenvalue weighted by molar-refractivity contribution is 0.143. The summed E-state index contributed by atoms with van der Waals surface area (Å²) in [6.45, 7) is 0. The lowest BCUT2D eigenvalue weighted by atomic mass is 9.97. The van der Waals surface area contributed by atoms with E-state index in [0.29, 0.717) is 22.6 Å². The van der Waals surface area contributed by atoms with Crippen molar-refractivity contribution in [1.82, 2.24) is 23.8 Å². The second kappa shape index (κ2) is 9.05. The maximum absolute atomic E-state index is 12.9. The van der Waals surface area contributed by atoms with Crippen molar-refractivity contribution in [3.63, 3.8) is 0 Å². The number of amides is 1. The first-order chi connectivity index (χ1) is 17.5. The smallest absolute Gasteiger partial charge is 0.329 e. The first-order valence-electron chi connectivity index (χ1n) is 12.0. The number of aromatic nitrogens is 4. The van der Waals surface area contributed by atoms with Crippen LogP contribution in [-0.4, -0.2) is 62.2 Å². The van der Waals surface area contributed by atoms with Gasteiger partial charge in [-0.1, -0.05) is 11.6 Å². The number of benzene rings is 1. The van der Waals surface area contributed by atoms with Gasteiger partial charge in [0, 0.05) is 66.3 Å². The lowest BCUT2D eigenvalue weighted by Gasteiger charge is -2.39. The van der Waals surface area contributed by atoms with Gasteiger partial charge < -0.3 is 24.1 Å². The molecular formula is C26H27ClN6O3. The molecule has 2 fully saturated rings. The SMILES string of the molecule is COc1cc(OC)c(-c2cn3ccc(N[C@@H]4C[C@H]5CC[C@@H](C4)N5C(=O)n4ccnc4)cc3n2)cc1Cl. The molecule has 2 bridgehead atoms. The van der Waals surface area contributed by atoms with Crippen molar-refractivity contribution in [2.45, 2.75) is 43.8 Å². The standard InChI is InChI=1S/C26H27ClN6O3/c1-35-23-13-24(36-2)21(27)12-20(23)22-14-31-7-5-16(11-25(31)30-22)29-17-9-18-3-4-19(10-17)33(18)26(34)32-8-6-28-15-32/h5-8,11-15,17-19,29H,3-4,9-10H2,1-2H3/t17-,18-,19+. The van der Waals surface area contributed by atoms with Gasteiger partial charge >= 0.3 is 6.03 Å². The maximum atomic E-state index is 12.9. The first-order valence-corrected chi connectivity index (χ1v) is 12.4. The zero-order valence-corrected chi connectivity index (χ0v) is 20.9. The van der Waals surface area contributed by atoms with Gasteiger partial charge in [0.25, 0.3) is 0 Å². The third-order valence-corrected chi connectivity index (χ3v) is 7.56. The molecule has 2 saturated heterocycles. The van der Waals surface area contributed by atoms with Crippen molar-refractivity contribution in [1.29, 1.82) is 0 Å². The third kappa shape index (κ3) is 3.93. The Balaban J connectivity index is 1.20. The van der Waals surface area contributed by atoms with Crippen LogP contribution < -0.4 is 14.8 Å². The Hall–Kier alpha value is -3.72. The molecule has 6 rings (SSSR count). The fourth-order valence-electron chi connectivity index (χ4n) is 5.61. The highest BCUT2D eigenvalue weighted by atomic mass is 35.5. The van der Waals surface area contributed by atoms with E-state index in [1.165, 1.54) is 0 Å². The van der Waals surface area contributed by atoms with E-state index in [1.54, 1.807) is 43.6 Å². The molecule has 5 heterocycles. The molecule has 0 aliphatic carbocycles. The average molecular weight is 507 g/mol. The molecule has 1 amide bonds. The number of piperidine rings is 1. The van der Waals surface area contributed by atoms with E-state index in [4.69, 9.17) is 26.1 Å². The number of ether oxygens (including phenoxy) is 2. The number of fused-ring (bicyclic) bond motifs is 3.